The lowest BCUT2D eigenvalue weighted by atomic mass is 10.0. The highest BCUT2D eigenvalue weighted by Gasteiger charge is 2.25. The first-order valence-electron chi connectivity index (χ1n) is 10.8. The molecule has 0 amide bonds. The number of carbonyl (C=O) groups is 1. The average Bonchev–Trinajstić information content (AvgIpc) is 3.27. The predicted octanol–water partition coefficient (Wildman–Crippen LogP) is 2.76. The highest BCUT2D eigenvalue weighted by atomic mass is 19.1. The van der Waals surface area contributed by atoms with Crippen LogP contribution in [0, 0.1) is 11.6 Å². The number of tetrazole rings is 1. The third-order valence-electron chi connectivity index (χ3n) is 5.87. The van der Waals surface area contributed by atoms with Crippen molar-refractivity contribution in [3.8, 4) is 0 Å². The van der Waals surface area contributed by atoms with E-state index in [1.165, 1.54) is 10.2 Å². The Hall–Kier alpha value is -3.04. The van der Waals surface area contributed by atoms with Crippen LogP contribution >= 0.6 is 0 Å². The van der Waals surface area contributed by atoms with E-state index in [9.17, 15) is 13.6 Å². The van der Waals surface area contributed by atoms with Gasteiger partial charge in [0.1, 0.15) is 17.7 Å². The number of nitrogens with zero attached hydrogens (tertiary/aromatic N) is 6. The summed E-state index contributed by atoms with van der Waals surface area (Å²) in [5, 5.41) is 11.7. The Morgan fingerprint density at radius 3 is 2.47 bits per heavy atom. The van der Waals surface area contributed by atoms with E-state index in [4.69, 9.17) is 0 Å². The number of hydrogen-bond acceptors (Lipinski definition) is 6. The van der Waals surface area contributed by atoms with Gasteiger partial charge in [-0.05, 0) is 35.0 Å². The van der Waals surface area contributed by atoms with Gasteiger partial charge in [-0.3, -0.25) is 9.69 Å². The molecule has 1 unspecified atom stereocenters. The summed E-state index contributed by atoms with van der Waals surface area (Å²) in [4.78, 5) is 17.5. The molecule has 32 heavy (non-hydrogen) atoms. The fraction of sp³-hybridized carbons (Fsp3) is 0.391. The first-order valence-corrected chi connectivity index (χ1v) is 10.8. The summed E-state index contributed by atoms with van der Waals surface area (Å²) in [6.07, 6.45) is 0.579. The van der Waals surface area contributed by atoms with E-state index < -0.39 is 23.5 Å². The van der Waals surface area contributed by atoms with Crippen molar-refractivity contribution in [3.05, 3.63) is 77.1 Å². The van der Waals surface area contributed by atoms with Gasteiger partial charge in [-0.25, -0.2) is 13.5 Å². The fourth-order valence-corrected chi connectivity index (χ4v) is 3.97. The molecule has 1 fully saturated rings. The molecular weight excluding hydrogens is 414 g/mol. The first-order chi connectivity index (χ1) is 15.5. The lowest BCUT2D eigenvalue weighted by Crippen LogP contribution is -2.46. The standard InChI is InChI=1S/C23H26F2N6O/c1-17(23(32)20-8-7-19(24)15-21(20)25)31-22(26-27-28-31)9-10-29-11-13-30(14-12-29)16-18-5-3-2-4-6-18/h2-8,15,17H,9-14,16H2,1H3. The normalized spacial score (nSPS) is 16.2. The Kier molecular flexibility index (Phi) is 6.96. The van der Waals surface area contributed by atoms with Crippen LogP contribution in [-0.4, -0.2) is 68.5 Å². The molecular formula is C23H26F2N6O. The molecule has 0 spiro atoms. The van der Waals surface area contributed by atoms with Gasteiger partial charge in [-0.1, -0.05) is 30.3 Å². The monoisotopic (exact) mass is 440 g/mol. The molecule has 1 atom stereocenters. The van der Waals surface area contributed by atoms with Gasteiger partial charge in [0.05, 0.1) is 5.56 Å². The Labute approximate surface area is 185 Å². The summed E-state index contributed by atoms with van der Waals surface area (Å²) in [5.74, 6) is -1.53. The molecule has 1 saturated heterocycles. The van der Waals surface area contributed by atoms with Crippen molar-refractivity contribution in [3.63, 3.8) is 0 Å². The third kappa shape index (κ3) is 5.23. The van der Waals surface area contributed by atoms with Gasteiger partial charge in [0.25, 0.3) is 0 Å². The highest BCUT2D eigenvalue weighted by molar-refractivity contribution is 5.98. The van der Waals surface area contributed by atoms with Crippen LogP contribution in [-0.2, 0) is 13.0 Å². The Balaban J connectivity index is 1.31. The molecule has 1 aliphatic rings. The minimum Gasteiger partial charge on any atom is -0.300 e. The minimum atomic E-state index is -0.884. The molecule has 0 aliphatic carbocycles. The molecule has 9 heteroatoms. The molecule has 0 N–H and O–H groups in total. The highest BCUT2D eigenvalue weighted by Crippen LogP contribution is 2.18. The van der Waals surface area contributed by atoms with E-state index in [0.29, 0.717) is 18.3 Å². The number of piperazine rings is 1. The van der Waals surface area contributed by atoms with E-state index in [1.54, 1.807) is 6.92 Å². The van der Waals surface area contributed by atoms with E-state index in [1.807, 2.05) is 6.07 Å². The molecule has 1 aromatic heterocycles. The van der Waals surface area contributed by atoms with Crippen LogP contribution in [0.4, 0.5) is 8.78 Å². The molecule has 3 aromatic rings. The fourth-order valence-electron chi connectivity index (χ4n) is 3.97. The number of hydrogen-bond donors (Lipinski definition) is 0. The van der Waals surface area contributed by atoms with Crippen LogP contribution in [0.25, 0.3) is 0 Å². The van der Waals surface area contributed by atoms with Crippen LogP contribution in [0.3, 0.4) is 0 Å². The van der Waals surface area contributed by atoms with Crippen LogP contribution < -0.4 is 0 Å². The Bertz CT molecular complexity index is 1050. The molecule has 4 rings (SSSR count). The smallest absolute Gasteiger partial charge is 0.190 e. The summed E-state index contributed by atoms with van der Waals surface area (Å²) >= 11 is 0. The topological polar surface area (TPSA) is 67.2 Å². The second-order valence-corrected chi connectivity index (χ2v) is 8.06. The molecule has 0 bridgehead atoms. The zero-order valence-electron chi connectivity index (χ0n) is 18.0. The number of carbonyl (C=O) groups excluding carboxylic acids is 1. The van der Waals surface area contributed by atoms with Crippen LogP contribution in [0.15, 0.2) is 48.5 Å². The van der Waals surface area contributed by atoms with Gasteiger partial charge >= 0.3 is 0 Å². The largest absolute Gasteiger partial charge is 0.300 e. The number of rotatable bonds is 8. The van der Waals surface area contributed by atoms with E-state index in [0.717, 1.165) is 51.4 Å². The maximum atomic E-state index is 14.0. The van der Waals surface area contributed by atoms with Gasteiger partial charge < -0.3 is 4.90 Å². The summed E-state index contributed by atoms with van der Waals surface area (Å²) < 4.78 is 28.6. The summed E-state index contributed by atoms with van der Waals surface area (Å²) in [7, 11) is 0. The first kappa shape index (κ1) is 22.2. The SMILES string of the molecule is CC(C(=O)c1ccc(F)cc1F)n1nnnc1CCN1CCN(Cc2ccccc2)CC1. The van der Waals surface area contributed by atoms with E-state index in [2.05, 4.69) is 49.6 Å². The van der Waals surface area contributed by atoms with Crippen LogP contribution in [0.5, 0.6) is 0 Å². The van der Waals surface area contributed by atoms with Crippen molar-refractivity contribution in [2.75, 3.05) is 32.7 Å². The van der Waals surface area contributed by atoms with Crippen molar-refractivity contribution in [1.82, 2.24) is 30.0 Å². The second kappa shape index (κ2) is 10.1. The number of ketones is 1. The quantitative estimate of drug-likeness (QED) is 0.502. The van der Waals surface area contributed by atoms with Crippen LogP contribution in [0.1, 0.15) is 34.7 Å². The van der Waals surface area contributed by atoms with Crippen molar-refractivity contribution in [2.45, 2.75) is 25.9 Å². The average molecular weight is 440 g/mol. The second-order valence-electron chi connectivity index (χ2n) is 8.06. The third-order valence-corrected chi connectivity index (χ3v) is 5.87. The molecule has 2 aromatic carbocycles. The number of Topliss-reactive ketones (excluding diaryl/α,β-unsaturated/α-hetero) is 1. The lowest BCUT2D eigenvalue weighted by molar-refractivity contribution is 0.0919. The molecule has 1 aliphatic heterocycles. The summed E-state index contributed by atoms with van der Waals surface area (Å²) in [6.45, 7) is 7.20. The van der Waals surface area contributed by atoms with Gasteiger partial charge in [0.2, 0.25) is 0 Å². The Morgan fingerprint density at radius 2 is 1.75 bits per heavy atom. The lowest BCUT2D eigenvalue weighted by Gasteiger charge is -2.34. The predicted molar refractivity (Wildman–Crippen MR) is 115 cm³/mol. The maximum absolute atomic E-state index is 14.0. The number of halogens is 2. The summed E-state index contributed by atoms with van der Waals surface area (Å²) in [6, 6.07) is 12.6. The number of benzene rings is 2. The van der Waals surface area contributed by atoms with Crippen molar-refractivity contribution < 1.29 is 13.6 Å². The number of aromatic nitrogens is 4. The van der Waals surface area contributed by atoms with Crippen LogP contribution in [0.2, 0.25) is 0 Å². The van der Waals surface area contributed by atoms with Gasteiger partial charge in [-0.2, -0.15) is 0 Å². The zero-order chi connectivity index (χ0) is 22.5. The molecule has 7 nitrogen and oxygen atoms in total. The van der Waals surface area contributed by atoms with Gasteiger partial charge in [0.15, 0.2) is 11.6 Å². The molecule has 0 saturated carbocycles. The van der Waals surface area contributed by atoms with Crippen molar-refractivity contribution >= 4 is 5.78 Å². The summed E-state index contributed by atoms with van der Waals surface area (Å²) in [5.41, 5.74) is 1.14. The van der Waals surface area contributed by atoms with E-state index in [-0.39, 0.29) is 5.56 Å². The van der Waals surface area contributed by atoms with E-state index >= 15 is 0 Å². The molecule has 2 heterocycles. The van der Waals surface area contributed by atoms with Crippen molar-refractivity contribution in [2.24, 2.45) is 0 Å². The zero-order valence-corrected chi connectivity index (χ0v) is 18.0. The van der Waals surface area contributed by atoms with Gasteiger partial charge in [-0.15, -0.1) is 5.10 Å². The molecule has 0 radical (unpaired) electrons. The minimum absolute atomic E-state index is 0.171. The Morgan fingerprint density at radius 1 is 1.03 bits per heavy atom. The maximum Gasteiger partial charge on any atom is 0.190 e. The molecule has 168 valence electrons. The van der Waals surface area contributed by atoms with Crippen molar-refractivity contribution in [1.29, 1.82) is 0 Å². The van der Waals surface area contributed by atoms with Gasteiger partial charge in [0, 0.05) is 51.8 Å².